The molecular formula is C20H22ClFN2O2S. The molecule has 0 spiro atoms. The molecule has 0 N–H and O–H groups in total. The van der Waals surface area contributed by atoms with Crippen LogP contribution >= 0.6 is 22.9 Å². The molecule has 1 amide bonds. The fourth-order valence-electron chi connectivity index (χ4n) is 3.15. The number of carbonyl (C=O) groups excluding carboxylic acids is 2. The van der Waals surface area contributed by atoms with Crippen molar-refractivity contribution >= 4 is 34.6 Å². The monoisotopic (exact) mass is 408 g/mol. The van der Waals surface area contributed by atoms with E-state index in [-0.39, 0.29) is 30.3 Å². The van der Waals surface area contributed by atoms with E-state index in [2.05, 4.69) is 4.90 Å². The van der Waals surface area contributed by atoms with Gasteiger partial charge in [0.05, 0.1) is 4.88 Å². The molecule has 1 aromatic carbocycles. The van der Waals surface area contributed by atoms with Crippen LogP contribution in [0.25, 0.3) is 0 Å². The number of hydrogen-bond acceptors (Lipinski definition) is 4. The summed E-state index contributed by atoms with van der Waals surface area (Å²) in [6, 6.07) is 8.43. The van der Waals surface area contributed by atoms with Gasteiger partial charge in [-0.1, -0.05) is 17.7 Å². The van der Waals surface area contributed by atoms with Crippen LogP contribution in [0.5, 0.6) is 0 Å². The van der Waals surface area contributed by atoms with E-state index in [9.17, 15) is 14.0 Å². The number of aryl methyl sites for hydroxylation is 1. The highest BCUT2D eigenvalue weighted by Gasteiger charge is 2.23. The van der Waals surface area contributed by atoms with Crippen molar-refractivity contribution in [2.75, 3.05) is 26.2 Å². The highest BCUT2D eigenvalue weighted by atomic mass is 35.5. The number of amides is 1. The molecule has 1 aliphatic rings. The third-order valence-corrected chi connectivity index (χ3v) is 6.15. The molecule has 0 atom stereocenters. The molecule has 0 bridgehead atoms. The minimum Gasteiger partial charge on any atom is -0.340 e. The van der Waals surface area contributed by atoms with Crippen molar-refractivity contribution in [3.63, 3.8) is 0 Å². The number of piperazine rings is 1. The largest absolute Gasteiger partial charge is 0.340 e. The smallest absolute Gasteiger partial charge is 0.223 e. The van der Waals surface area contributed by atoms with Gasteiger partial charge in [0.15, 0.2) is 5.78 Å². The summed E-state index contributed by atoms with van der Waals surface area (Å²) in [5, 5.41) is 0.427. The molecule has 0 unspecified atom stereocenters. The van der Waals surface area contributed by atoms with Crippen molar-refractivity contribution < 1.29 is 14.0 Å². The summed E-state index contributed by atoms with van der Waals surface area (Å²) in [7, 11) is 0. The van der Waals surface area contributed by atoms with Crippen LogP contribution < -0.4 is 0 Å². The Morgan fingerprint density at radius 2 is 1.85 bits per heavy atom. The zero-order chi connectivity index (χ0) is 19.4. The molecule has 27 heavy (non-hydrogen) atoms. The average Bonchev–Trinajstić information content (AvgIpc) is 3.09. The molecule has 0 saturated carbocycles. The Labute approximate surface area is 167 Å². The van der Waals surface area contributed by atoms with Gasteiger partial charge in [-0.2, -0.15) is 0 Å². The van der Waals surface area contributed by atoms with Crippen molar-refractivity contribution in [3.8, 4) is 0 Å². The van der Waals surface area contributed by atoms with Crippen LogP contribution in [0, 0.1) is 12.7 Å². The van der Waals surface area contributed by atoms with E-state index in [1.807, 2.05) is 19.1 Å². The number of Topliss-reactive ketones (excluding diaryl/α,β-unsaturated/α-hetero) is 1. The van der Waals surface area contributed by atoms with Crippen molar-refractivity contribution in [2.24, 2.45) is 0 Å². The number of hydrogen-bond donors (Lipinski definition) is 0. The van der Waals surface area contributed by atoms with Crippen LogP contribution in [0.2, 0.25) is 5.02 Å². The minimum atomic E-state index is -0.302. The van der Waals surface area contributed by atoms with Gasteiger partial charge in [0.1, 0.15) is 5.82 Å². The molecule has 0 radical (unpaired) electrons. The van der Waals surface area contributed by atoms with Gasteiger partial charge in [-0.05, 0) is 31.2 Å². The molecule has 1 aromatic heterocycles. The maximum absolute atomic E-state index is 13.9. The fourth-order valence-corrected chi connectivity index (χ4v) is 4.21. The summed E-state index contributed by atoms with van der Waals surface area (Å²) in [6.07, 6.45) is 0.471. The summed E-state index contributed by atoms with van der Waals surface area (Å²) in [5.74, 6) is -0.280. The third kappa shape index (κ3) is 5.15. The Morgan fingerprint density at radius 1 is 1.11 bits per heavy atom. The molecular weight excluding hydrogens is 387 g/mol. The third-order valence-electron chi connectivity index (χ3n) is 4.75. The van der Waals surface area contributed by atoms with Gasteiger partial charge in [0.2, 0.25) is 5.91 Å². The van der Waals surface area contributed by atoms with E-state index >= 15 is 0 Å². The maximum atomic E-state index is 13.9. The Hall–Kier alpha value is -1.76. The second-order valence-corrected chi connectivity index (χ2v) is 8.39. The quantitative estimate of drug-likeness (QED) is 0.674. The first-order valence-corrected chi connectivity index (χ1v) is 10.2. The van der Waals surface area contributed by atoms with Gasteiger partial charge in [-0.25, -0.2) is 4.39 Å². The molecule has 2 aromatic rings. The number of ketones is 1. The van der Waals surface area contributed by atoms with E-state index in [0.717, 1.165) is 4.88 Å². The van der Waals surface area contributed by atoms with Crippen LogP contribution in [0.4, 0.5) is 4.39 Å². The van der Waals surface area contributed by atoms with Gasteiger partial charge < -0.3 is 4.90 Å². The number of halogens is 2. The first kappa shape index (κ1) is 20.0. The standard InChI is InChI=1S/C20H22ClFN2O2S/c1-14-5-7-19(27-14)18(25)6-8-20(26)24-11-9-23(10-12-24)13-15-16(21)3-2-4-17(15)22/h2-5,7H,6,8-13H2,1H3. The number of nitrogens with zero attached hydrogens (tertiary/aromatic N) is 2. The lowest BCUT2D eigenvalue weighted by atomic mass is 10.1. The van der Waals surface area contributed by atoms with Crippen molar-refractivity contribution in [1.29, 1.82) is 0 Å². The second-order valence-electron chi connectivity index (χ2n) is 6.69. The fraction of sp³-hybridized carbons (Fsp3) is 0.400. The number of rotatable bonds is 6. The van der Waals surface area contributed by atoms with Crippen molar-refractivity contribution in [2.45, 2.75) is 26.3 Å². The van der Waals surface area contributed by atoms with Crippen LogP contribution in [-0.2, 0) is 11.3 Å². The molecule has 1 aliphatic heterocycles. The summed E-state index contributed by atoms with van der Waals surface area (Å²) in [5.41, 5.74) is 0.496. The van der Waals surface area contributed by atoms with Crippen LogP contribution in [0.1, 0.15) is 33.0 Å². The van der Waals surface area contributed by atoms with Gasteiger partial charge in [0.25, 0.3) is 0 Å². The highest BCUT2D eigenvalue weighted by Crippen LogP contribution is 2.22. The number of carbonyl (C=O) groups is 2. The SMILES string of the molecule is Cc1ccc(C(=O)CCC(=O)N2CCN(Cc3c(F)cccc3Cl)CC2)s1. The lowest BCUT2D eigenvalue weighted by molar-refractivity contribution is -0.133. The van der Waals surface area contributed by atoms with E-state index in [4.69, 9.17) is 11.6 Å². The summed E-state index contributed by atoms with van der Waals surface area (Å²) >= 11 is 7.55. The topological polar surface area (TPSA) is 40.6 Å². The van der Waals surface area contributed by atoms with E-state index in [0.29, 0.717) is 48.2 Å². The highest BCUT2D eigenvalue weighted by molar-refractivity contribution is 7.14. The minimum absolute atomic E-state index is 0.000187. The molecule has 2 heterocycles. The molecule has 144 valence electrons. The predicted octanol–water partition coefficient (Wildman–Crippen LogP) is 4.16. The number of thiophene rings is 1. The first-order valence-electron chi connectivity index (χ1n) is 8.96. The van der Waals surface area contributed by atoms with Crippen LogP contribution in [0.15, 0.2) is 30.3 Å². The molecule has 0 aliphatic carbocycles. The van der Waals surface area contributed by atoms with Gasteiger partial charge in [-0.3, -0.25) is 14.5 Å². The van der Waals surface area contributed by atoms with E-state index in [1.54, 1.807) is 17.0 Å². The maximum Gasteiger partial charge on any atom is 0.223 e. The van der Waals surface area contributed by atoms with Gasteiger partial charge in [-0.15, -0.1) is 11.3 Å². The van der Waals surface area contributed by atoms with Gasteiger partial charge >= 0.3 is 0 Å². The van der Waals surface area contributed by atoms with Crippen molar-refractivity contribution in [3.05, 3.63) is 56.5 Å². The zero-order valence-corrected chi connectivity index (χ0v) is 16.8. The average molecular weight is 409 g/mol. The Bertz CT molecular complexity index is 811. The van der Waals surface area contributed by atoms with Gasteiger partial charge in [0, 0.05) is 61.0 Å². The summed E-state index contributed by atoms with van der Waals surface area (Å²) < 4.78 is 13.9. The lowest BCUT2D eigenvalue weighted by Gasteiger charge is -2.35. The first-order chi connectivity index (χ1) is 12.9. The van der Waals surface area contributed by atoms with E-state index in [1.165, 1.54) is 17.4 Å². The number of benzene rings is 1. The normalized spacial score (nSPS) is 15.1. The molecule has 3 rings (SSSR count). The predicted molar refractivity (Wildman–Crippen MR) is 106 cm³/mol. The molecule has 1 fully saturated rings. The lowest BCUT2D eigenvalue weighted by Crippen LogP contribution is -2.48. The molecule has 7 heteroatoms. The summed E-state index contributed by atoms with van der Waals surface area (Å²) in [6.45, 7) is 4.88. The Balaban J connectivity index is 1.46. The summed E-state index contributed by atoms with van der Waals surface area (Å²) in [4.78, 5) is 30.2. The van der Waals surface area contributed by atoms with E-state index < -0.39 is 0 Å². The molecule has 4 nitrogen and oxygen atoms in total. The Kier molecular flexibility index (Phi) is 6.63. The van der Waals surface area contributed by atoms with Crippen LogP contribution in [-0.4, -0.2) is 47.7 Å². The zero-order valence-electron chi connectivity index (χ0n) is 15.2. The molecule has 1 saturated heterocycles. The second kappa shape index (κ2) is 8.95. The van der Waals surface area contributed by atoms with Crippen LogP contribution in [0.3, 0.4) is 0 Å². The Morgan fingerprint density at radius 3 is 2.48 bits per heavy atom. The van der Waals surface area contributed by atoms with Crippen molar-refractivity contribution in [1.82, 2.24) is 9.80 Å².